The van der Waals surface area contributed by atoms with Crippen LogP contribution in [-0.2, 0) is 12.8 Å². The van der Waals surface area contributed by atoms with Crippen LogP contribution in [0.4, 0.5) is 4.39 Å². The SMILES string of the molecule is CCc1c(CC2(N)CC2)cc(F)cc1OC. The van der Waals surface area contributed by atoms with Crippen molar-refractivity contribution in [3.05, 3.63) is 29.1 Å². The normalized spacial score (nSPS) is 17.2. The molecular weight excluding hydrogens is 205 g/mol. The van der Waals surface area contributed by atoms with Gasteiger partial charge in [-0.1, -0.05) is 6.92 Å². The molecule has 0 aliphatic heterocycles. The van der Waals surface area contributed by atoms with Crippen LogP contribution in [0.25, 0.3) is 0 Å². The minimum Gasteiger partial charge on any atom is -0.496 e. The standard InChI is InChI=1S/C13H18FNO/c1-3-11-9(8-13(15)4-5-13)6-10(14)7-12(11)16-2/h6-7H,3-5,8,15H2,1-2H3. The zero-order valence-corrected chi connectivity index (χ0v) is 9.85. The topological polar surface area (TPSA) is 35.2 Å². The Balaban J connectivity index is 2.37. The molecule has 2 rings (SSSR count). The summed E-state index contributed by atoms with van der Waals surface area (Å²) in [7, 11) is 1.58. The smallest absolute Gasteiger partial charge is 0.127 e. The predicted octanol–water partition coefficient (Wildman–Crippen LogP) is 2.43. The Bertz CT molecular complexity index is 399. The van der Waals surface area contributed by atoms with Crippen LogP contribution < -0.4 is 10.5 Å². The van der Waals surface area contributed by atoms with Gasteiger partial charge in [0.2, 0.25) is 0 Å². The largest absolute Gasteiger partial charge is 0.496 e. The number of hydrogen-bond donors (Lipinski definition) is 1. The van der Waals surface area contributed by atoms with E-state index in [2.05, 4.69) is 6.92 Å². The van der Waals surface area contributed by atoms with E-state index in [0.29, 0.717) is 5.75 Å². The Morgan fingerprint density at radius 1 is 1.44 bits per heavy atom. The molecule has 1 aliphatic rings. The van der Waals surface area contributed by atoms with Crippen molar-refractivity contribution in [2.45, 2.75) is 38.1 Å². The van der Waals surface area contributed by atoms with Crippen molar-refractivity contribution in [1.82, 2.24) is 0 Å². The molecule has 16 heavy (non-hydrogen) atoms. The average Bonchev–Trinajstić information content (AvgIpc) is 2.95. The molecule has 0 atom stereocenters. The number of nitrogens with two attached hydrogens (primary N) is 1. The molecular formula is C13H18FNO. The first kappa shape index (κ1) is 11.4. The van der Waals surface area contributed by atoms with E-state index in [1.165, 1.54) is 6.07 Å². The van der Waals surface area contributed by atoms with Crippen LogP contribution in [-0.4, -0.2) is 12.6 Å². The molecule has 88 valence electrons. The van der Waals surface area contributed by atoms with Gasteiger partial charge in [-0.2, -0.15) is 0 Å². The maximum Gasteiger partial charge on any atom is 0.127 e. The van der Waals surface area contributed by atoms with Gasteiger partial charge in [-0.25, -0.2) is 4.39 Å². The Labute approximate surface area is 95.6 Å². The van der Waals surface area contributed by atoms with Crippen LogP contribution in [0.2, 0.25) is 0 Å². The van der Waals surface area contributed by atoms with Crippen LogP contribution in [0, 0.1) is 5.82 Å². The zero-order valence-electron chi connectivity index (χ0n) is 9.85. The van der Waals surface area contributed by atoms with Crippen molar-refractivity contribution in [2.75, 3.05) is 7.11 Å². The van der Waals surface area contributed by atoms with E-state index in [0.717, 1.165) is 36.8 Å². The van der Waals surface area contributed by atoms with Crippen molar-refractivity contribution in [3.63, 3.8) is 0 Å². The Hall–Kier alpha value is -1.09. The van der Waals surface area contributed by atoms with Gasteiger partial charge in [-0.15, -0.1) is 0 Å². The zero-order chi connectivity index (χ0) is 11.8. The first-order chi connectivity index (χ1) is 7.58. The summed E-state index contributed by atoms with van der Waals surface area (Å²) in [6.07, 6.45) is 3.67. The second-order valence-electron chi connectivity index (χ2n) is 4.64. The highest BCUT2D eigenvalue weighted by Crippen LogP contribution is 2.38. The van der Waals surface area contributed by atoms with E-state index in [4.69, 9.17) is 10.5 Å². The lowest BCUT2D eigenvalue weighted by Crippen LogP contribution is -2.25. The molecule has 0 spiro atoms. The molecule has 1 saturated carbocycles. The monoisotopic (exact) mass is 223 g/mol. The summed E-state index contributed by atoms with van der Waals surface area (Å²) in [6.45, 7) is 2.05. The van der Waals surface area contributed by atoms with E-state index in [1.807, 2.05) is 0 Å². The highest BCUT2D eigenvalue weighted by Gasteiger charge is 2.38. The molecule has 0 amide bonds. The maximum atomic E-state index is 13.4. The lowest BCUT2D eigenvalue weighted by atomic mass is 9.96. The van der Waals surface area contributed by atoms with Crippen molar-refractivity contribution < 1.29 is 9.13 Å². The van der Waals surface area contributed by atoms with Crippen LogP contribution in [0.5, 0.6) is 5.75 Å². The van der Waals surface area contributed by atoms with Gasteiger partial charge >= 0.3 is 0 Å². The van der Waals surface area contributed by atoms with Gasteiger partial charge in [0.05, 0.1) is 7.11 Å². The first-order valence-corrected chi connectivity index (χ1v) is 5.72. The second kappa shape index (κ2) is 4.06. The number of hydrogen-bond acceptors (Lipinski definition) is 2. The first-order valence-electron chi connectivity index (χ1n) is 5.72. The third kappa shape index (κ3) is 2.19. The number of methoxy groups -OCH3 is 1. The van der Waals surface area contributed by atoms with Crippen molar-refractivity contribution in [2.24, 2.45) is 5.73 Å². The molecule has 0 saturated heterocycles. The fourth-order valence-electron chi connectivity index (χ4n) is 2.12. The van der Waals surface area contributed by atoms with Crippen molar-refractivity contribution in [1.29, 1.82) is 0 Å². The summed E-state index contributed by atoms with van der Waals surface area (Å²) in [6, 6.07) is 3.03. The summed E-state index contributed by atoms with van der Waals surface area (Å²) < 4.78 is 18.6. The third-order valence-corrected chi connectivity index (χ3v) is 3.27. The average molecular weight is 223 g/mol. The lowest BCUT2D eigenvalue weighted by Gasteiger charge is -2.16. The lowest BCUT2D eigenvalue weighted by molar-refractivity contribution is 0.405. The Morgan fingerprint density at radius 2 is 2.12 bits per heavy atom. The van der Waals surface area contributed by atoms with Crippen molar-refractivity contribution >= 4 is 0 Å². The molecule has 0 unspecified atom stereocenters. The molecule has 1 aliphatic carbocycles. The van der Waals surface area contributed by atoms with Gasteiger partial charge in [-0.05, 0) is 42.9 Å². The predicted molar refractivity (Wildman–Crippen MR) is 62.2 cm³/mol. The molecule has 3 heteroatoms. The summed E-state index contributed by atoms with van der Waals surface area (Å²) in [5.41, 5.74) is 8.07. The summed E-state index contributed by atoms with van der Waals surface area (Å²) >= 11 is 0. The summed E-state index contributed by atoms with van der Waals surface area (Å²) in [5.74, 6) is 0.398. The Morgan fingerprint density at radius 3 is 2.62 bits per heavy atom. The fraction of sp³-hybridized carbons (Fsp3) is 0.538. The number of ether oxygens (including phenoxy) is 1. The molecule has 0 heterocycles. The number of benzene rings is 1. The van der Waals surface area contributed by atoms with Crippen LogP contribution in [0.3, 0.4) is 0 Å². The van der Waals surface area contributed by atoms with E-state index in [1.54, 1.807) is 13.2 Å². The fourth-order valence-corrected chi connectivity index (χ4v) is 2.12. The molecule has 0 radical (unpaired) electrons. The van der Waals surface area contributed by atoms with Crippen LogP contribution in [0.15, 0.2) is 12.1 Å². The summed E-state index contributed by atoms with van der Waals surface area (Å²) in [5, 5.41) is 0. The molecule has 2 nitrogen and oxygen atoms in total. The molecule has 2 N–H and O–H groups in total. The minimum atomic E-state index is -0.242. The van der Waals surface area contributed by atoms with Gasteiger partial charge in [-0.3, -0.25) is 0 Å². The van der Waals surface area contributed by atoms with Gasteiger partial charge in [0.25, 0.3) is 0 Å². The maximum absolute atomic E-state index is 13.4. The van der Waals surface area contributed by atoms with Gasteiger partial charge in [0.1, 0.15) is 11.6 Å². The molecule has 1 fully saturated rings. The quantitative estimate of drug-likeness (QED) is 0.850. The van der Waals surface area contributed by atoms with Crippen molar-refractivity contribution in [3.8, 4) is 5.75 Å². The van der Waals surface area contributed by atoms with Crippen LogP contribution >= 0.6 is 0 Å². The van der Waals surface area contributed by atoms with Gasteiger partial charge < -0.3 is 10.5 Å². The van der Waals surface area contributed by atoms with E-state index >= 15 is 0 Å². The third-order valence-electron chi connectivity index (χ3n) is 3.27. The molecule has 0 bridgehead atoms. The minimum absolute atomic E-state index is 0.0945. The number of rotatable bonds is 4. The Kier molecular flexibility index (Phi) is 2.89. The van der Waals surface area contributed by atoms with E-state index in [-0.39, 0.29) is 11.4 Å². The highest BCUT2D eigenvalue weighted by molar-refractivity contribution is 5.42. The van der Waals surface area contributed by atoms with Gasteiger partial charge in [0.15, 0.2) is 0 Å². The van der Waals surface area contributed by atoms with E-state index < -0.39 is 0 Å². The molecule has 1 aromatic rings. The van der Waals surface area contributed by atoms with E-state index in [9.17, 15) is 4.39 Å². The molecule has 1 aromatic carbocycles. The molecule has 0 aromatic heterocycles. The number of halogens is 1. The van der Waals surface area contributed by atoms with Gasteiger partial charge in [0, 0.05) is 11.6 Å². The highest BCUT2D eigenvalue weighted by atomic mass is 19.1. The second-order valence-corrected chi connectivity index (χ2v) is 4.64. The summed E-state index contributed by atoms with van der Waals surface area (Å²) in [4.78, 5) is 0. The van der Waals surface area contributed by atoms with Crippen LogP contribution in [0.1, 0.15) is 30.9 Å².